The Hall–Kier alpha value is -0.770. The second-order valence-electron chi connectivity index (χ2n) is 4.97. The molecule has 1 amide bonds. The first-order valence-electron chi connectivity index (χ1n) is 5.38. The lowest BCUT2D eigenvalue weighted by Gasteiger charge is -2.36. The summed E-state index contributed by atoms with van der Waals surface area (Å²) in [6.45, 7) is 9.62. The zero-order valence-corrected chi connectivity index (χ0v) is 10.3. The van der Waals surface area contributed by atoms with Crippen LogP contribution in [0.15, 0.2) is 0 Å². The molecule has 15 heavy (non-hydrogen) atoms. The van der Waals surface area contributed by atoms with Gasteiger partial charge in [-0.15, -0.1) is 0 Å². The van der Waals surface area contributed by atoms with E-state index >= 15 is 0 Å². The normalized spacial score (nSPS) is 15.9. The Morgan fingerprint density at radius 3 is 2.07 bits per heavy atom. The molecule has 2 N–H and O–H groups in total. The van der Waals surface area contributed by atoms with Crippen LogP contribution >= 0.6 is 0 Å². The fraction of sp³-hybridized carbons (Fsp3) is 0.909. The van der Waals surface area contributed by atoms with Gasteiger partial charge >= 0.3 is 6.09 Å². The van der Waals surface area contributed by atoms with E-state index in [9.17, 15) is 9.90 Å². The van der Waals surface area contributed by atoms with Crippen molar-refractivity contribution in [3.63, 3.8) is 0 Å². The van der Waals surface area contributed by atoms with Gasteiger partial charge in [-0.2, -0.15) is 0 Å². The van der Waals surface area contributed by atoms with Crippen LogP contribution in [0.1, 0.15) is 41.0 Å². The first-order valence-corrected chi connectivity index (χ1v) is 5.38. The molecule has 0 aromatic carbocycles. The Morgan fingerprint density at radius 2 is 1.87 bits per heavy atom. The summed E-state index contributed by atoms with van der Waals surface area (Å²) in [5.41, 5.74) is -0.422. The van der Waals surface area contributed by atoms with Gasteiger partial charge in [-0.25, -0.2) is 4.79 Å². The highest BCUT2D eigenvalue weighted by Gasteiger charge is 2.29. The van der Waals surface area contributed by atoms with Crippen molar-refractivity contribution in [1.82, 2.24) is 4.90 Å². The number of aliphatic hydroxyl groups excluding tert-OH is 1. The van der Waals surface area contributed by atoms with Crippen molar-refractivity contribution in [3.05, 3.63) is 0 Å². The molecule has 0 saturated heterocycles. The maximum Gasteiger partial charge on any atom is 0.407 e. The van der Waals surface area contributed by atoms with Crippen LogP contribution in [0.5, 0.6) is 0 Å². The summed E-state index contributed by atoms with van der Waals surface area (Å²) in [5.74, 6) is 0.000301. The zero-order chi connectivity index (χ0) is 12.2. The minimum absolute atomic E-state index is 0.000301. The van der Waals surface area contributed by atoms with E-state index in [0.29, 0.717) is 6.54 Å². The average Bonchev–Trinajstić information content (AvgIpc) is 2.01. The fourth-order valence-corrected chi connectivity index (χ4v) is 1.50. The molecule has 0 saturated carbocycles. The van der Waals surface area contributed by atoms with Crippen molar-refractivity contribution in [1.29, 1.82) is 0 Å². The van der Waals surface area contributed by atoms with Gasteiger partial charge < -0.3 is 15.1 Å². The molecule has 4 heteroatoms. The lowest BCUT2D eigenvalue weighted by molar-refractivity contribution is 0.0529. The minimum Gasteiger partial charge on any atom is -0.465 e. The van der Waals surface area contributed by atoms with E-state index in [0.717, 1.165) is 6.42 Å². The molecule has 1 unspecified atom stereocenters. The van der Waals surface area contributed by atoms with Crippen LogP contribution in [-0.2, 0) is 0 Å². The molecular formula is C11H23NO3. The lowest BCUT2D eigenvalue weighted by atomic mass is 9.97. The van der Waals surface area contributed by atoms with E-state index in [1.807, 2.05) is 27.7 Å². The first kappa shape index (κ1) is 14.2. The van der Waals surface area contributed by atoms with Crippen molar-refractivity contribution in [2.24, 2.45) is 5.92 Å². The molecule has 0 aliphatic heterocycles. The van der Waals surface area contributed by atoms with Crippen molar-refractivity contribution in [3.8, 4) is 0 Å². The van der Waals surface area contributed by atoms with Crippen LogP contribution in [0.25, 0.3) is 0 Å². The van der Waals surface area contributed by atoms with E-state index < -0.39 is 17.7 Å². The van der Waals surface area contributed by atoms with Crippen LogP contribution in [0.2, 0.25) is 0 Å². The second kappa shape index (κ2) is 5.35. The van der Waals surface area contributed by atoms with Gasteiger partial charge in [0.2, 0.25) is 0 Å². The number of aliphatic hydroxyl groups is 1. The number of hydrogen-bond acceptors (Lipinski definition) is 2. The summed E-state index contributed by atoms with van der Waals surface area (Å²) in [5, 5.41) is 18.6. The first-order chi connectivity index (χ1) is 6.70. The Balaban J connectivity index is 4.61. The van der Waals surface area contributed by atoms with Gasteiger partial charge in [0.1, 0.15) is 0 Å². The number of rotatable bonds is 4. The summed E-state index contributed by atoms with van der Waals surface area (Å²) < 4.78 is 0. The molecule has 0 aliphatic carbocycles. The molecule has 4 nitrogen and oxygen atoms in total. The molecule has 2 atom stereocenters. The van der Waals surface area contributed by atoms with Gasteiger partial charge in [-0.3, -0.25) is 0 Å². The SMILES string of the molecule is CC[C@H](CN(C(=O)O)C(C)(C)C)C(C)O. The van der Waals surface area contributed by atoms with E-state index in [2.05, 4.69) is 0 Å². The maximum absolute atomic E-state index is 11.1. The van der Waals surface area contributed by atoms with Gasteiger partial charge in [0.15, 0.2) is 0 Å². The van der Waals surface area contributed by atoms with Crippen molar-refractivity contribution in [2.45, 2.75) is 52.7 Å². The molecule has 0 radical (unpaired) electrons. The molecule has 0 rings (SSSR count). The standard InChI is InChI=1S/C11H23NO3/c1-6-9(8(2)13)7-12(10(14)15)11(3,4)5/h8-9,13H,6-7H2,1-5H3,(H,14,15)/t8?,9-/m1/s1. The molecule has 0 bridgehead atoms. The Morgan fingerprint density at radius 1 is 1.40 bits per heavy atom. The lowest BCUT2D eigenvalue weighted by Crippen LogP contribution is -2.48. The monoisotopic (exact) mass is 217 g/mol. The highest BCUT2D eigenvalue weighted by molar-refractivity contribution is 5.66. The van der Waals surface area contributed by atoms with Crippen LogP contribution < -0.4 is 0 Å². The molecule has 0 spiro atoms. The number of hydrogen-bond donors (Lipinski definition) is 2. The number of nitrogens with zero attached hydrogens (tertiary/aromatic N) is 1. The van der Waals surface area contributed by atoms with Crippen LogP contribution in [0.3, 0.4) is 0 Å². The molecule has 90 valence electrons. The summed E-state index contributed by atoms with van der Waals surface area (Å²) in [7, 11) is 0. The number of carboxylic acid groups (broad SMARTS) is 1. The topological polar surface area (TPSA) is 60.8 Å². The van der Waals surface area contributed by atoms with E-state index in [-0.39, 0.29) is 5.92 Å². The quantitative estimate of drug-likeness (QED) is 0.758. The van der Waals surface area contributed by atoms with Crippen LogP contribution in [0, 0.1) is 5.92 Å². The van der Waals surface area contributed by atoms with Gasteiger partial charge in [-0.05, 0) is 34.1 Å². The maximum atomic E-state index is 11.1. The third-order valence-corrected chi connectivity index (χ3v) is 2.66. The summed E-state index contributed by atoms with van der Waals surface area (Å²) in [6.07, 6.45) is -0.627. The molecule has 0 aromatic heterocycles. The van der Waals surface area contributed by atoms with E-state index in [1.165, 1.54) is 4.90 Å². The highest BCUT2D eigenvalue weighted by atomic mass is 16.4. The summed E-state index contributed by atoms with van der Waals surface area (Å²) in [4.78, 5) is 12.4. The second-order valence-corrected chi connectivity index (χ2v) is 4.97. The fourth-order valence-electron chi connectivity index (χ4n) is 1.50. The van der Waals surface area contributed by atoms with Crippen LogP contribution in [-0.4, -0.2) is 39.4 Å². The van der Waals surface area contributed by atoms with Gasteiger partial charge in [0.25, 0.3) is 0 Å². The molecule has 0 aliphatic rings. The van der Waals surface area contributed by atoms with E-state index in [1.54, 1.807) is 6.92 Å². The third kappa shape index (κ3) is 4.51. The molecule has 0 heterocycles. The predicted molar refractivity (Wildman–Crippen MR) is 59.9 cm³/mol. The van der Waals surface area contributed by atoms with Crippen molar-refractivity contribution >= 4 is 6.09 Å². The molecular weight excluding hydrogens is 194 g/mol. The number of amides is 1. The average molecular weight is 217 g/mol. The van der Waals surface area contributed by atoms with Crippen molar-refractivity contribution in [2.75, 3.05) is 6.54 Å². The largest absolute Gasteiger partial charge is 0.465 e. The highest BCUT2D eigenvalue weighted by Crippen LogP contribution is 2.19. The van der Waals surface area contributed by atoms with Crippen molar-refractivity contribution < 1.29 is 15.0 Å². The summed E-state index contributed by atoms with van der Waals surface area (Å²) >= 11 is 0. The smallest absolute Gasteiger partial charge is 0.407 e. The number of carbonyl (C=O) groups is 1. The minimum atomic E-state index is -0.929. The van der Waals surface area contributed by atoms with E-state index in [4.69, 9.17) is 5.11 Å². The van der Waals surface area contributed by atoms with Gasteiger partial charge in [-0.1, -0.05) is 6.92 Å². The molecule has 0 fully saturated rings. The van der Waals surface area contributed by atoms with Gasteiger partial charge in [0, 0.05) is 18.0 Å². The molecule has 0 aromatic rings. The Bertz CT molecular complexity index is 208. The van der Waals surface area contributed by atoms with Crippen LogP contribution in [0.4, 0.5) is 4.79 Å². The zero-order valence-electron chi connectivity index (χ0n) is 10.3. The third-order valence-electron chi connectivity index (χ3n) is 2.66. The predicted octanol–water partition coefficient (Wildman–Crippen LogP) is 2.17. The Kier molecular flexibility index (Phi) is 5.08. The summed E-state index contributed by atoms with van der Waals surface area (Å²) in [6, 6.07) is 0. The Labute approximate surface area is 91.9 Å². The van der Waals surface area contributed by atoms with Gasteiger partial charge in [0.05, 0.1) is 6.10 Å².